The molecule has 0 atom stereocenters. The van der Waals surface area contributed by atoms with E-state index in [9.17, 15) is 9.59 Å². The van der Waals surface area contributed by atoms with E-state index in [1.165, 1.54) is 17.8 Å². The second-order valence-electron chi connectivity index (χ2n) is 4.19. The van der Waals surface area contributed by atoms with Gasteiger partial charge in [0.15, 0.2) is 0 Å². The Kier molecular flexibility index (Phi) is 7.85. The van der Waals surface area contributed by atoms with Crippen molar-refractivity contribution < 1.29 is 24.5 Å². The van der Waals surface area contributed by atoms with Crippen molar-refractivity contribution in [1.29, 1.82) is 0 Å². The molecule has 0 heterocycles. The van der Waals surface area contributed by atoms with Crippen LogP contribution in [0.3, 0.4) is 0 Å². The van der Waals surface area contributed by atoms with Crippen molar-refractivity contribution in [1.82, 2.24) is 0 Å². The van der Waals surface area contributed by atoms with Crippen LogP contribution in [0.5, 0.6) is 0 Å². The molecule has 0 unspecified atom stereocenters. The van der Waals surface area contributed by atoms with E-state index in [1.54, 1.807) is 6.92 Å². The second-order valence-corrected chi connectivity index (χ2v) is 5.33. The van der Waals surface area contributed by atoms with Gasteiger partial charge in [-0.15, -0.1) is 11.8 Å². The highest BCUT2D eigenvalue weighted by atomic mass is 32.2. The number of thioether (sulfide) groups is 1. The van der Waals surface area contributed by atoms with Gasteiger partial charge in [-0.2, -0.15) is 0 Å². The molecule has 5 nitrogen and oxygen atoms in total. The summed E-state index contributed by atoms with van der Waals surface area (Å²) in [6, 6.07) is 9.79. The summed E-state index contributed by atoms with van der Waals surface area (Å²) in [5.74, 6) is -2.18. The first-order chi connectivity index (χ1) is 10.5. The van der Waals surface area contributed by atoms with Crippen LogP contribution >= 0.6 is 11.8 Å². The fourth-order valence-electron chi connectivity index (χ4n) is 1.53. The molecule has 0 aliphatic heterocycles. The van der Waals surface area contributed by atoms with Crippen molar-refractivity contribution in [3.05, 3.63) is 58.7 Å². The Balaban J connectivity index is 2.70. The first-order valence-electron chi connectivity index (χ1n) is 6.72. The third-order valence-corrected chi connectivity index (χ3v) is 3.60. The summed E-state index contributed by atoms with van der Waals surface area (Å²) in [6.07, 6.45) is 3.00. The van der Waals surface area contributed by atoms with Gasteiger partial charge in [0.2, 0.25) is 5.76 Å². The summed E-state index contributed by atoms with van der Waals surface area (Å²) in [5, 5.41) is 17.7. The van der Waals surface area contributed by atoms with Crippen LogP contribution in [0, 0.1) is 0 Å². The van der Waals surface area contributed by atoms with Crippen LogP contribution in [-0.2, 0) is 20.7 Å². The number of benzene rings is 1. The number of esters is 1. The van der Waals surface area contributed by atoms with Crippen molar-refractivity contribution in [2.24, 2.45) is 0 Å². The lowest BCUT2D eigenvalue weighted by Crippen LogP contribution is -2.06. The average molecular weight is 322 g/mol. The van der Waals surface area contributed by atoms with E-state index >= 15 is 0 Å². The highest BCUT2D eigenvalue weighted by Crippen LogP contribution is 2.19. The molecule has 1 rings (SSSR count). The van der Waals surface area contributed by atoms with Crippen molar-refractivity contribution in [3.63, 3.8) is 0 Å². The molecule has 0 aliphatic carbocycles. The third kappa shape index (κ3) is 6.49. The van der Waals surface area contributed by atoms with Gasteiger partial charge in [0.25, 0.3) is 0 Å². The summed E-state index contributed by atoms with van der Waals surface area (Å²) >= 11 is 1.26. The number of ether oxygens (including phenoxy) is 1. The Morgan fingerprint density at radius 1 is 1.18 bits per heavy atom. The summed E-state index contributed by atoms with van der Waals surface area (Å²) in [4.78, 5) is 22.6. The molecule has 118 valence electrons. The zero-order chi connectivity index (χ0) is 16.4. The van der Waals surface area contributed by atoms with E-state index in [1.807, 2.05) is 30.3 Å². The molecule has 6 heteroatoms. The van der Waals surface area contributed by atoms with Gasteiger partial charge in [0, 0.05) is 5.75 Å². The Bertz CT molecular complexity index is 563. The van der Waals surface area contributed by atoms with Crippen molar-refractivity contribution in [2.75, 3.05) is 12.4 Å². The van der Waals surface area contributed by atoms with Crippen LogP contribution in [0.2, 0.25) is 0 Å². The Morgan fingerprint density at radius 2 is 1.86 bits per heavy atom. The number of hydrogen-bond donors (Lipinski definition) is 2. The number of aliphatic hydroxyl groups is 1. The average Bonchev–Trinajstić information content (AvgIpc) is 2.51. The first-order valence-corrected chi connectivity index (χ1v) is 7.71. The number of carboxylic acid groups (broad SMARTS) is 1. The van der Waals surface area contributed by atoms with Gasteiger partial charge < -0.3 is 14.9 Å². The van der Waals surface area contributed by atoms with Crippen LogP contribution < -0.4 is 0 Å². The number of hydrogen-bond acceptors (Lipinski definition) is 5. The van der Waals surface area contributed by atoms with Gasteiger partial charge in [0.05, 0.1) is 11.5 Å². The number of aryl methyl sites for hydroxylation is 1. The molecule has 0 saturated carbocycles. The largest absolute Gasteiger partial charge is 0.502 e. The second kappa shape index (κ2) is 9.68. The summed E-state index contributed by atoms with van der Waals surface area (Å²) in [6.45, 7) is 1.92. The van der Waals surface area contributed by atoms with Crippen LogP contribution in [0.25, 0.3) is 0 Å². The van der Waals surface area contributed by atoms with Crippen molar-refractivity contribution in [2.45, 2.75) is 13.3 Å². The van der Waals surface area contributed by atoms with E-state index in [0.717, 1.165) is 18.1 Å². The van der Waals surface area contributed by atoms with Gasteiger partial charge >= 0.3 is 11.9 Å². The number of aliphatic hydroxyl groups excluding tert-OH is 1. The van der Waals surface area contributed by atoms with Crippen LogP contribution in [0.15, 0.2) is 53.1 Å². The Morgan fingerprint density at radius 3 is 2.45 bits per heavy atom. The SMILES string of the molecule is CCOC(=O)C(=CC=C(O)C(=O)O)SCCc1ccccc1. The number of rotatable bonds is 8. The van der Waals surface area contributed by atoms with E-state index in [-0.39, 0.29) is 11.5 Å². The van der Waals surface area contributed by atoms with Crippen LogP contribution in [-0.4, -0.2) is 34.5 Å². The fourth-order valence-corrected chi connectivity index (χ4v) is 2.43. The maximum Gasteiger partial charge on any atom is 0.370 e. The molecule has 1 aromatic carbocycles. The zero-order valence-electron chi connectivity index (χ0n) is 12.2. The van der Waals surface area contributed by atoms with E-state index in [2.05, 4.69) is 0 Å². The van der Waals surface area contributed by atoms with E-state index in [4.69, 9.17) is 14.9 Å². The predicted octanol–water partition coefficient (Wildman–Crippen LogP) is 2.94. The summed E-state index contributed by atoms with van der Waals surface area (Å²) < 4.78 is 4.91. The van der Waals surface area contributed by atoms with Gasteiger partial charge in [-0.25, -0.2) is 9.59 Å². The molecule has 2 N–H and O–H groups in total. The molecular weight excluding hydrogens is 304 g/mol. The summed E-state index contributed by atoms with van der Waals surface area (Å²) in [5.41, 5.74) is 1.14. The Labute approximate surface area is 133 Å². The number of allylic oxidation sites excluding steroid dienone is 2. The van der Waals surface area contributed by atoms with Crippen molar-refractivity contribution in [3.8, 4) is 0 Å². The summed E-state index contributed by atoms with van der Waals surface area (Å²) in [7, 11) is 0. The highest BCUT2D eigenvalue weighted by molar-refractivity contribution is 8.03. The predicted molar refractivity (Wildman–Crippen MR) is 85.7 cm³/mol. The maximum atomic E-state index is 11.8. The third-order valence-electron chi connectivity index (χ3n) is 2.58. The molecular formula is C16H18O5S. The standard InChI is InChI=1S/C16H18O5S/c1-2-21-16(20)14(9-8-13(17)15(18)19)22-11-10-12-6-4-3-5-7-12/h3-9,17H,2,10-11H2,1H3,(H,18,19). The quantitative estimate of drug-likeness (QED) is 0.331. The molecule has 0 aliphatic rings. The smallest absolute Gasteiger partial charge is 0.370 e. The minimum atomic E-state index is -1.45. The number of carbonyl (C=O) groups excluding carboxylic acids is 1. The number of aliphatic carboxylic acids is 1. The number of carboxylic acids is 1. The number of carbonyl (C=O) groups is 2. The molecule has 0 fully saturated rings. The normalized spacial score (nSPS) is 12.0. The lowest BCUT2D eigenvalue weighted by molar-refractivity contribution is -0.138. The minimum Gasteiger partial charge on any atom is -0.502 e. The topological polar surface area (TPSA) is 83.8 Å². The maximum absolute atomic E-state index is 11.8. The molecule has 0 spiro atoms. The molecule has 0 radical (unpaired) electrons. The lowest BCUT2D eigenvalue weighted by Gasteiger charge is -2.06. The zero-order valence-corrected chi connectivity index (χ0v) is 13.0. The molecule has 0 saturated heterocycles. The van der Waals surface area contributed by atoms with Crippen LogP contribution in [0.1, 0.15) is 12.5 Å². The minimum absolute atomic E-state index is 0.226. The van der Waals surface area contributed by atoms with Gasteiger partial charge in [-0.05, 0) is 31.1 Å². The Hall–Kier alpha value is -2.21. The molecule has 1 aromatic rings. The van der Waals surface area contributed by atoms with Crippen molar-refractivity contribution >= 4 is 23.7 Å². The first kappa shape index (κ1) is 17.8. The van der Waals surface area contributed by atoms with Crippen LogP contribution in [0.4, 0.5) is 0 Å². The highest BCUT2D eigenvalue weighted by Gasteiger charge is 2.11. The monoisotopic (exact) mass is 322 g/mol. The molecule has 0 amide bonds. The van der Waals surface area contributed by atoms with Gasteiger partial charge in [0.1, 0.15) is 0 Å². The van der Waals surface area contributed by atoms with E-state index < -0.39 is 17.7 Å². The lowest BCUT2D eigenvalue weighted by atomic mass is 10.2. The molecule has 0 bridgehead atoms. The molecule has 0 aromatic heterocycles. The van der Waals surface area contributed by atoms with Gasteiger partial charge in [-0.1, -0.05) is 30.3 Å². The fraction of sp³-hybridized carbons (Fsp3) is 0.250. The van der Waals surface area contributed by atoms with E-state index in [0.29, 0.717) is 5.75 Å². The molecule has 22 heavy (non-hydrogen) atoms. The van der Waals surface area contributed by atoms with Gasteiger partial charge in [-0.3, -0.25) is 0 Å².